The van der Waals surface area contributed by atoms with Gasteiger partial charge in [-0.3, -0.25) is 5.10 Å². The first kappa shape index (κ1) is 16.2. The molecule has 122 valence electrons. The van der Waals surface area contributed by atoms with E-state index >= 15 is 0 Å². The van der Waals surface area contributed by atoms with Gasteiger partial charge in [-0.05, 0) is 65.6 Å². The molecule has 0 atom stereocenters. The number of nitrogens with one attached hydrogen (secondary N) is 1. The normalized spacial score (nSPS) is 14.4. The van der Waals surface area contributed by atoms with Crippen molar-refractivity contribution in [3.05, 3.63) is 32.8 Å². The summed E-state index contributed by atoms with van der Waals surface area (Å²) in [7, 11) is 1.61. The van der Waals surface area contributed by atoms with Gasteiger partial charge in [0.15, 0.2) is 17.3 Å². The Balaban J connectivity index is 1.93. The number of aromatic nitrogens is 3. The van der Waals surface area contributed by atoms with E-state index in [2.05, 4.69) is 31.2 Å². The second-order valence-corrected chi connectivity index (χ2v) is 6.43. The first-order valence-electron chi connectivity index (χ1n) is 7.36. The minimum Gasteiger partial charge on any atom is -0.492 e. The van der Waals surface area contributed by atoms with Gasteiger partial charge in [0.25, 0.3) is 0 Å². The number of halogens is 1. The number of H-pyrrole nitrogens is 1. The zero-order valence-electron chi connectivity index (χ0n) is 12.9. The van der Waals surface area contributed by atoms with Crippen LogP contribution in [-0.2, 0) is 0 Å². The van der Waals surface area contributed by atoms with Gasteiger partial charge in [0.05, 0.1) is 24.4 Å². The molecule has 2 aromatic rings. The van der Waals surface area contributed by atoms with E-state index in [-0.39, 0.29) is 0 Å². The molecule has 0 unspecified atom stereocenters. The zero-order chi connectivity index (χ0) is 16.4. The number of ether oxygens (including phenoxy) is 2. The van der Waals surface area contributed by atoms with Crippen molar-refractivity contribution in [3.8, 4) is 11.5 Å². The summed E-state index contributed by atoms with van der Waals surface area (Å²) >= 11 is 8.74. The van der Waals surface area contributed by atoms with Crippen LogP contribution in [0.25, 0.3) is 0 Å². The highest BCUT2D eigenvalue weighted by molar-refractivity contribution is 9.10. The monoisotopic (exact) mass is 396 g/mol. The molecule has 1 aromatic heterocycles. The van der Waals surface area contributed by atoms with Crippen molar-refractivity contribution in [1.29, 1.82) is 0 Å². The fraction of sp³-hybridized carbons (Fsp3) is 0.400. The van der Waals surface area contributed by atoms with Crippen molar-refractivity contribution in [2.45, 2.75) is 25.7 Å². The van der Waals surface area contributed by atoms with Crippen molar-refractivity contribution in [1.82, 2.24) is 14.9 Å². The van der Waals surface area contributed by atoms with E-state index in [0.717, 1.165) is 28.7 Å². The molecule has 0 bridgehead atoms. The molecule has 0 radical (unpaired) electrons. The van der Waals surface area contributed by atoms with Crippen LogP contribution in [-0.4, -0.2) is 34.8 Å². The van der Waals surface area contributed by atoms with Crippen LogP contribution in [0, 0.1) is 4.77 Å². The number of benzene rings is 1. The summed E-state index contributed by atoms with van der Waals surface area (Å²) in [5, 5.41) is 11.5. The van der Waals surface area contributed by atoms with Crippen molar-refractivity contribution in [2.75, 3.05) is 13.7 Å². The predicted octanol–water partition coefficient (Wildman–Crippen LogP) is 3.87. The molecule has 23 heavy (non-hydrogen) atoms. The van der Waals surface area contributed by atoms with Crippen molar-refractivity contribution in [2.24, 2.45) is 5.10 Å². The topological polar surface area (TPSA) is 64.4 Å². The number of hydrogen-bond donors (Lipinski definition) is 1. The van der Waals surface area contributed by atoms with Crippen molar-refractivity contribution in [3.63, 3.8) is 0 Å². The second-order valence-electron chi connectivity index (χ2n) is 5.18. The van der Waals surface area contributed by atoms with E-state index in [9.17, 15) is 0 Å². The van der Waals surface area contributed by atoms with E-state index in [1.165, 1.54) is 0 Å². The standard InChI is InChI=1S/C15H17BrN4O2S/c1-3-22-12-7-9(6-11(16)13(12)21-2)8-17-20-14(10-4-5-10)18-19-15(20)23/h6-8,10H,3-5H2,1-2H3,(H,19,23)/b17-8-. The Labute approximate surface area is 147 Å². The highest BCUT2D eigenvalue weighted by atomic mass is 79.9. The van der Waals surface area contributed by atoms with Crippen LogP contribution in [0.4, 0.5) is 0 Å². The zero-order valence-corrected chi connectivity index (χ0v) is 15.3. The Hall–Kier alpha value is -1.67. The van der Waals surface area contributed by atoms with Gasteiger partial charge in [-0.15, -0.1) is 0 Å². The fourth-order valence-corrected chi connectivity index (χ4v) is 3.08. The summed E-state index contributed by atoms with van der Waals surface area (Å²) in [5.74, 6) is 2.69. The molecule has 1 fully saturated rings. The van der Waals surface area contributed by atoms with Gasteiger partial charge in [0.2, 0.25) is 4.77 Å². The number of rotatable bonds is 6. The molecule has 0 spiro atoms. The van der Waals surface area contributed by atoms with Crippen molar-refractivity contribution < 1.29 is 9.47 Å². The minimum atomic E-state index is 0.460. The predicted molar refractivity (Wildman–Crippen MR) is 94.2 cm³/mol. The van der Waals surface area contributed by atoms with Gasteiger partial charge in [-0.1, -0.05) is 0 Å². The average Bonchev–Trinajstić information content (AvgIpc) is 3.29. The van der Waals surface area contributed by atoms with E-state index in [4.69, 9.17) is 21.7 Å². The Morgan fingerprint density at radius 2 is 2.30 bits per heavy atom. The lowest BCUT2D eigenvalue weighted by atomic mass is 10.2. The first-order chi connectivity index (χ1) is 11.1. The number of methoxy groups -OCH3 is 1. The van der Waals surface area contributed by atoms with Crippen molar-refractivity contribution >= 4 is 34.4 Å². The number of nitrogens with zero attached hydrogens (tertiary/aromatic N) is 3. The molecule has 1 saturated carbocycles. The Morgan fingerprint density at radius 3 is 2.96 bits per heavy atom. The van der Waals surface area contributed by atoms with Crippen LogP contribution in [0.5, 0.6) is 11.5 Å². The van der Waals surface area contributed by atoms with Crippen LogP contribution in [0.15, 0.2) is 21.7 Å². The largest absolute Gasteiger partial charge is 0.492 e. The quantitative estimate of drug-likeness (QED) is 0.594. The minimum absolute atomic E-state index is 0.460. The molecule has 1 heterocycles. The average molecular weight is 397 g/mol. The van der Waals surface area contributed by atoms with Crippen LogP contribution in [0.3, 0.4) is 0 Å². The van der Waals surface area contributed by atoms with Crippen LogP contribution in [0.2, 0.25) is 0 Å². The van der Waals surface area contributed by atoms with Gasteiger partial charge in [0, 0.05) is 5.92 Å². The highest BCUT2D eigenvalue weighted by Crippen LogP contribution is 2.39. The third kappa shape index (κ3) is 3.48. The van der Waals surface area contributed by atoms with Gasteiger partial charge in [0.1, 0.15) is 0 Å². The SMILES string of the molecule is CCOc1cc(/C=N\n2c(C3CC3)n[nH]c2=S)cc(Br)c1OC. The molecular weight excluding hydrogens is 380 g/mol. The molecule has 8 heteroatoms. The molecule has 1 aliphatic rings. The van der Waals surface area contributed by atoms with Crippen LogP contribution >= 0.6 is 28.1 Å². The molecule has 1 N–H and O–H groups in total. The molecule has 3 rings (SSSR count). The van der Waals surface area contributed by atoms with E-state index in [0.29, 0.717) is 28.8 Å². The molecule has 0 aliphatic heterocycles. The summed E-state index contributed by atoms with van der Waals surface area (Å²) in [6, 6.07) is 3.81. The van der Waals surface area contributed by atoms with E-state index in [1.807, 2.05) is 19.1 Å². The summed E-state index contributed by atoms with van der Waals surface area (Å²) in [6.45, 7) is 2.49. The van der Waals surface area contributed by atoms with E-state index in [1.54, 1.807) is 18.0 Å². The van der Waals surface area contributed by atoms with Crippen LogP contribution < -0.4 is 9.47 Å². The maximum atomic E-state index is 5.62. The molecule has 6 nitrogen and oxygen atoms in total. The Kier molecular flexibility index (Phi) is 4.82. The van der Waals surface area contributed by atoms with Gasteiger partial charge in [-0.2, -0.15) is 14.9 Å². The smallest absolute Gasteiger partial charge is 0.216 e. The van der Waals surface area contributed by atoms with E-state index < -0.39 is 0 Å². The summed E-state index contributed by atoms with van der Waals surface area (Å²) < 4.78 is 14.0. The number of hydrogen-bond acceptors (Lipinski definition) is 5. The lowest BCUT2D eigenvalue weighted by Gasteiger charge is -2.11. The Bertz CT molecular complexity index is 795. The lowest BCUT2D eigenvalue weighted by molar-refractivity contribution is 0.310. The Morgan fingerprint density at radius 1 is 1.52 bits per heavy atom. The van der Waals surface area contributed by atoms with Gasteiger partial charge < -0.3 is 9.47 Å². The fourth-order valence-electron chi connectivity index (χ4n) is 2.27. The van der Waals surface area contributed by atoms with Gasteiger partial charge >= 0.3 is 0 Å². The summed E-state index contributed by atoms with van der Waals surface area (Å²) in [5.41, 5.74) is 0.881. The van der Waals surface area contributed by atoms with Gasteiger partial charge in [-0.25, -0.2) is 0 Å². The van der Waals surface area contributed by atoms with Crippen LogP contribution in [0.1, 0.15) is 37.1 Å². The summed E-state index contributed by atoms with van der Waals surface area (Å²) in [6.07, 6.45) is 4.01. The molecule has 0 saturated heterocycles. The second kappa shape index (κ2) is 6.84. The molecule has 0 amide bonds. The summed E-state index contributed by atoms with van der Waals surface area (Å²) in [4.78, 5) is 0. The lowest BCUT2D eigenvalue weighted by Crippen LogP contribution is -1.99. The maximum Gasteiger partial charge on any atom is 0.216 e. The molecular formula is C15H17BrN4O2S. The maximum absolute atomic E-state index is 5.62. The third-order valence-corrected chi connectivity index (χ3v) is 4.33. The molecule has 1 aliphatic carbocycles. The highest BCUT2D eigenvalue weighted by Gasteiger charge is 2.29. The first-order valence-corrected chi connectivity index (χ1v) is 8.56. The number of aromatic amines is 1. The molecule has 1 aromatic carbocycles. The third-order valence-electron chi connectivity index (χ3n) is 3.48.